The predicted octanol–water partition coefficient (Wildman–Crippen LogP) is 4.00. The van der Waals surface area contributed by atoms with E-state index in [1.54, 1.807) is 30.3 Å². The van der Waals surface area contributed by atoms with Crippen molar-refractivity contribution in [3.05, 3.63) is 59.2 Å². The van der Waals surface area contributed by atoms with Crippen molar-refractivity contribution in [3.63, 3.8) is 0 Å². The molecule has 0 aromatic heterocycles. The van der Waals surface area contributed by atoms with E-state index in [0.717, 1.165) is 12.0 Å². The second-order valence-corrected chi connectivity index (χ2v) is 6.52. The van der Waals surface area contributed by atoms with Crippen LogP contribution in [0.5, 0.6) is 5.75 Å². The number of hydrogen-bond acceptors (Lipinski definition) is 4. The average Bonchev–Trinajstić information content (AvgIpc) is 2.63. The van der Waals surface area contributed by atoms with Crippen LogP contribution >= 0.6 is 12.2 Å². The highest BCUT2D eigenvalue weighted by atomic mass is 32.1. The number of carboxylic acid groups (broad SMARTS) is 1. The Kier molecular flexibility index (Phi) is 6.90. The Labute approximate surface area is 163 Å². The minimum Gasteiger partial charge on any atom is -0.491 e. The van der Waals surface area contributed by atoms with Crippen LogP contribution in [0, 0.1) is 6.92 Å². The molecule has 0 spiro atoms. The number of carboxylic acids is 1. The third kappa shape index (κ3) is 5.79. The van der Waals surface area contributed by atoms with Crippen molar-refractivity contribution >= 4 is 34.9 Å². The van der Waals surface area contributed by atoms with Crippen molar-refractivity contribution in [2.24, 2.45) is 0 Å². The maximum absolute atomic E-state index is 12.4. The molecule has 0 aliphatic carbocycles. The number of thiocarbonyl (C=S) groups is 1. The topological polar surface area (TPSA) is 87.7 Å². The molecule has 0 unspecified atom stereocenters. The van der Waals surface area contributed by atoms with Crippen LogP contribution in [0.25, 0.3) is 0 Å². The van der Waals surface area contributed by atoms with Crippen LogP contribution in [0.15, 0.2) is 42.5 Å². The number of rotatable bonds is 6. The zero-order chi connectivity index (χ0) is 20.0. The van der Waals surface area contributed by atoms with Gasteiger partial charge in [-0.1, -0.05) is 19.1 Å². The molecule has 0 fully saturated rings. The number of ether oxygens (including phenoxy) is 1. The molecule has 3 N–H and O–H groups in total. The molecule has 1 atom stereocenters. The van der Waals surface area contributed by atoms with Gasteiger partial charge in [-0.05, 0) is 68.4 Å². The van der Waals surface area contributed by atoms with Crippen molar-refractivity contribution in [3.8, 4) is 5.75 Å². The molecule has 2 aromatic rings. The van der Waals surface area contributed by atoms with Crippen LogP contribution in [0.2, 0.25) is 0 Å². The van der Waals surface area contributed by atoms with Gasteiger partial charge in [-0.2, -0.15) is 0 Å². The van der Waals surface area contributed by atoms with Gasteiger partial charge in [0.1, 0.15) is 5.75 Å². The minimum atomic E-state index is -1.04. The van der Waals surface area contributed by atoms with E-state index in [-0.39, 0.29) is 22.7 Å². The molecular formula is C20H22N2O4S. The Balaban J connectivity index is 2.06. The van der Waals surface area contributed by atoms with Crippen molar-refractivity contribution in [2.45, 2.75) is 33.3 Å². The zero-order valence-corrected chi connectivity index (χ0v) is 16.2. The molecule has 0 saturated heterocycles. The number of carbonyl (C=O) groups is 2. The Bertz CT molecular complexity index is 867. The number of hydrogen-bond donors (Lipinski definition) is 3. The predicted molar refractivity (Wildman–Crippen MR) is 109 cm³/mol. The van der Waals surface area contributed by atoms with Gasteiger partial charge in [-0.15, -0.1) is 0 Å². The fourth-order valence-corrected chi connectivity index (χ4v) is 2.45. The lowest BCUT2D eigenvalue weighted by atomic mass is 10.1. The first-order valence-corrected chi connectivity index (χ1v) is 8.94. The Morgan fingerprint density at radius 1 is 1.19 bits per heavy atom. The lowest BCUT2D eigenvalue weighted by molar-refractivity contribution is 0.0696. The van der Waals surface area contributed by atoms with Gasteiger partial charge >= 0.3 is 5.97 Å². The summed E-state index contributed by atoms with van der Waals surface area (Å²) in [5, 5.41) is 14.6. The Hall–Kier alpha value is -2.93. The molecule has 0 heterocycles. The van der Waals surface area contributed by atoms with E-state index < -0.39 is 5.97 Å². The molecule has 142 valence electrons. The summed E-state index contributed by atoms with van der Waals surface area (Å²) in [6.07, 6.45) is 0.912. The summed E-state index contributed by atoms with van der Waals surface area (Å²) in [5.74, 6) is -0.804. The quantitative estimate of drug-likeness (QED) is 0.651. The van der Waals surface area contributed by atoms with Crippen molar-refractivity contribution in [2.75, 3.05) is 5.32 Å². The molecule has 0 radical (unpaired) electrons. The third-order valence-corrected chi connectivity index (χ3v) is 4.17. The number of anilines is 1. The number of nitrogens with one attached hydrogen (secondary N) is 2. The molecule has 7 heteroatoms. The standard InChI is InChI=1S/C20H22N2O4S/c1-4-13(3)26-16-7-5-6-14(10-16)18(23)22-20(27)21-17-11-15(19(24)25)9-8-12(17)2/h5-11,13H,4H2,1-3H3,(H,24,25)(H2,21,22,23,27)/t13-/m1/s1. The van der Waals surface area contributed by atoms with E-state index in [2.05, 4.69) is 10.6 Å². The maximum atomic E-state index is 12.4. The summed E-state index contributed by atoms with van der Waals surface area (Å²) >= 11 is 5.18. The van der Waals surface area contributed by atoms with E-state index in [0.29, 0.717) is 17.0 Å². The second kappa shape index (κ2) is 9.14. The van der Waals surface area contributed by atoms with Gasteiger partial charge in [0.05, 0.1) is 11.7 Å². The van der Waals surface area contributed by atoms with Crippen LogP contribution in [-0.2, 0) is 0 Å². The number of aromatic carboxylic acids is 1. The maximum Gasteiger partial charge on any atom is 0.335 e. The van der Waals surface area contributed by atoms with E-state index in [1.165, 1.54) is 12.1 Å². The summed E-state index contributed by atoms with van der Waals surface area (Å²) < 4.78 is 5.72. The van der Waals surface area contributed by atoms with Crippen molar-refractivity contribution in [1.29, 1.82) is 0 Å². The molecule has 1 amide bonds. The highest BCUT2D eigenvalue weighted by Crippen LogP contribution is 2.18. The normalized spacial score (nSPS) is 11.4. The monoisotopic (exact) mass is 386 g/mol. The second-order valence-electron chi connectivity index (χ2n) is 6.11. The van der Waals surface area contributed by atoms with E-state index >= 15 is 0 Å². The van der Waals surface area contributed by atoms with Crippen molar-refractivity contribution in [1.82, 2.24) is 5.32 Å². The molecule has 27 heavy (non-hydrogen) atoms. The molecular weight excluding hydrogens is 364 g/mol. The first-order valence-electron chi connectivity index (χ1n) is 8.53. The number of carbonyl (C=O) groups excluding carboxylic acids is 1. The highest BCUT2D eigenvalue weighted by Gasteiger charge is 2.12. The van der Waals surface area contributed by atoms with Crippen LogP contribution in [0.1, 0.15) is 46.5 Å². The molecule has 2 rings (SSSR count). The van der Waals surface area contributed by atoms with E-state index in [4.69, 9.17) is 22.1 Å². The number of aryl methyl sites for hydroxylation is 1. The molecule has 2 aromatic carbocycles. The SMILES string of the molecule is CC[C@@H](C)Oc1cccc(C(=O)NC(=S)Nc2cc(C(=O)O)ccc2C)c1. The minimum absolute atomic E-state index is 0.0514. The summed E-state index contributed by atoms with van der Waals surface area (Å²) in [6.45, 7) is 5.79. The van der Waals surface area contributed by atoms with Crippen LogP contribution < -0.4 is 15.4 Å². The molecule has 6 nitrogen and oxygen atoms in total. The Morgan fingerprint density at radius 3 is 2.59 bits per heavy atom. The molecule has 0 aliphatic rings. The van der Waals surface area contributed by atoms with Gasteiger partial charge in [0, 0.05) is 11.3 Å². The third-order valence-electron chi connectivity index (χ3n) is 3.97. The number of benzene rings is 2. The first kappa shape index (κ1) is 20.4. The zero-order valence-electron chi connectivity index (χ0n) is 15.4. The Morgan fingerprint density at radius 2 is 1.93 bits per heavy atom. The fraction of sp³-hybridized carbons (Fsp3) is 0.250. The summed E-state index contributed by atoms with van der Waals surface area (Å²) in [4.78, 5) is 23.5. The van der Waals surface area contributed by atoms with Crippen molar-refractivity contribution < 1.29 is 19.4 Å². The van der Waals surface area contributed by atoms with Gasteiger partial charge in [-0.3, -0.25) is 10.1 Å². The molecule has 0 aliphatic heterocycles. The first-order chi connectivity index (χ1) is 12.8. The van der Waals surface area contributed by atoms with E-state index in [9.17, 15) is 9.59 Å². The van der Waals surface area contributed by atoms with Gasteiger partial charge in [0.15, 0.2) is 5.11 Å². The largest absolute Gasteiger partial charge is 0.491 e. The van der Waals surface area contributed by atoms with Crippen LogP contribution in [-0.4, -0.2) is 28.2 Å². The lowest BCUT2D eigenvalue weighted by Gasteiger charge is -2.14. The van der Waals surface area contributed by atoms with Gasteiger partial charge in [0.25, 0.3) is 5.91 Å². The molecule has 0 saturated carbocycles. The van der Waals surface area contributed by atoms with E-state index in [1.807, 2.05) is 20.8 Å². The summed E-state index contributed by atoms with van der Waals surface area (Å²) in [7, 11) is 0. The van der Waals surface area contributed by atoms with Gasteiger partial charge in [0.2, 0.25) is 0 Å². The fourth-order valence-electron chi connectivity index (χ4n) is 2.24. The lowest BCUT2D eigenvalue weighted by Crippen LogP contribution is -2.34. The summed E-state index contributed by atoms with van der Waals surface area (Å²) in [5.41, 5.74) is 1.87. The van der Waals surface area contributed by atoms with Gasteiger partial charge < -0.3 is 15.2 Å². The number of amides is 1. The van der Waals surface area contributed by atoms with Crippen LogP contribution in [0.4, 0.5) is 5.69 Å². The smallest absolute Gasteiger partial charge is 0.335 e. The summed E-state index contributed by atoms with van der Waals surface area (Å²) in [6, 6.07) is 11.5. The average molecular weight is 386 g/mol. The molecule has 0 bridgehead atoms. The van der Waals surface area contributed by atoms with Gasteiger partial charge in [-0.25, -0.2) is 4.79 Å². The van der Waals surface area contributed by atoms with Crippen LogP contribution in [0.3, 0.4) is 0 Å². The highest BCUT2D eigenvalue weighted by molar-refractivity contribution is 7.80.